The SMILES string of the molecule is CB1Nc2ccc(N3CCNCC3)c1c2. The van der Waals surface area contributed by atoms with Crippen molar-refractivity contribution in [3.63, 3.8) is 0 Å². The van der Waals surface area contributed by atoms with Crippen LogP contribution in [-0.2, 0) is 0 Å². The van der Waals surface area contributed by atoms with E-state index in [1.165, 1.54) is 16.8 Å². The first-order chi connectivity index (χ1) is 7.34. The number of nitrogens with one attached hydrogen (secondary N) is 2. The number of anilines is 2. The number of hydrogen-bond acceptors (Lipinski definition) is 3. The van der Waals surface area contributed by atoms with Gasteiger partial charge in [-0.1, -0.05) is 6.82 Å². The van der Waals surface area contributed by atoms with Gasteiger partial charge in [-0.2, -0.15) is 0 Å². The molecular weight excluding hydrogens is 185 g/mol. The number of benzene rings is 1. The van der Waals surface area contributed by atoms with Crippen LogP contribution < -0.4 is 20.9 Å². The van der Waals surface area contributed by atoms with E-state index in [2.05, 4.69) is 40.5 Å². The molecule has 3 nitrogen and oxygen atoms in total. The molecule has 2 aliphatic heterocycles. The fraction of sp³-hybridized carbons (Fsp3) is 0.455. The lowest BCUT2D eigenvalue weighted by molar-refractivity contribution is 0.590. The molecule has 0 spiro atoms. The molecule has 1 fully saturated rings. The standard InChI is InChI=1S/C11H16BN3/c1-12-10-8-9(14-12)2-3-11(10)15-6-4-13-5-7-15/h2-3,8,13-14H,4-7H2,1H3. The highest BCUT2D eigenvalue weighted by molar-refractivity contribution is 6.78. The number of piperazine rings is 1. The van der Waals surface area contributed by atoms with Gasteiger partial charge >= 0.3 is 0 Å². The van der Waals surface area contributed by atoms with Gasteiger partial charge in [-0.05, 0) is 23.7 Å². The molecule has 78 valence electrons. The van der Waals surface area contributed by atoms with E-state index in [1.807, 2.05) is 0 Å². The molecule has 0 amide bonds. The number of rotatable bonds is 1. The molecule has 0 atom stereocenters. The summed E-state index contributed by atoms with van der Waals surface area (Å²) in [4.78, 5) is 2.49. The molecule has 2 bridgehead atoms. The van der Waals surface area contributed by atoms with Gasteiger partial charge in [-0.3, -0.25) is 0 Å². The topological polar surface area (TPSA) is 27.3 Å². The Kier molecular flexibility index (Phi) is 2.09. The van der Waals surface area contributed by atoms with E-state index >= 15 is 0 Å². The van der Waals surface area contributed by atoms with Crippen molar-refractivity contribution in [3.8, 4) is 0 Å². The van der Waals surface area contributed by atoms with Crippen molar-refractivity contribution in [1.29, 1.82) is 0 Å². The largest absolute Gasteiger partial charge is 0.424 e. The molecule has 2 aliphatic rings. The first-order valence-electron chi connectivity index (χ1n) is 5.71. The second-order valence-electron chi connectivity index (χ2n) is 4.38. The van der Waals surface area contributed by atoms with Crippen molar-refractivity contribution >= 4 is 23.7 Å². The van der Waals surface area contributed by atoms with Crippen molar-refractivity contribution in [3.05, 3.63) is 18.2 Å². The number of hydrogen-bond donors (Lipinski definition) is 2. The Bertz CT molecular complexity index is 374. The minimum atomic E-state index is 0.472. The molecule has 1 saturated heterocycles. The lowest BCUT2D eigenvalue weighted by atomic mass is 9.60. The van der Waals surface area contributed by atoms with E-state index in [-0.39, 0.29) is 0 Å². The van der Waals surface area contributed by atoms with Crippen LogP contribution in [-0.4, -0.2) is 33.0 Å². The Labute approximate surface area is 90.9 Å². The summed E-state index contributed by atoms with van der Waals surface area (Å²) in [6.07, 6.45) is 0. The third-order valence-corrected chi connectivity index (χ3v) is 3.33. The van der Waals surface area contributed by atoms with E-state index in [0.717, 1.165) is 26.2 Å². The van der Waals surface area contributed by atoms with Crippen molar-refractivity contribution in [2.75, 3.05) is 36.3 Å². The highest BCUT2D eigenvalue weighted by Gasteiger charge is 2.24. The van der Waals surface area contributed by atoms with Crippen LogP contribution in [0.3, 0.4) is 0 Å². The van der Waals surface area contributed by atoms with Crippen LogP contribution in [0.1, 0.15) is 0 Å². The summed E-state index contributed by atoms with van der Waals surface area (Å²) in [6.45, 7) is 7.15. The normalized spacial score (nSPS) is 19.3. The molecule has 0 aromatic heterocycles. The first-order valence-corrected chi connectivity index (χ1v) is 5.71. The molecule has 2 N–H and O–H groups in total. The Hall–Kier alpha value is -1.16. The van der Waals surface area contributed by atoms with E-state index in [4.69, 9.17) is 0 Å². The van der Waals surface area contributed by atoms with Crippen LogP contribution in [0.4, 0.5) is 11.4 Å². The van der Waals surface area contributed by atoms with Crippen LogP contribution >= 0.6 is 0 Å². The zero-order valence-electron chi connectivity index (χ0n) is 9.09. The molecule has 1 aromatic carbocycles. The summed E-state index contributed by atoms with van der Waals surface area (Å²) < 4.78 is 0. The quantitative estimate of drug-likeness (QED) is 0.642. The van der Waals surface area contributed by atoms with Gasteiger partial charge in [0.05, 0.1) is 0 Å². The van der Waals surface area contributed by atoms with Gasteiger partial charge in [0.2, 0.25) is 0 Å². The average Bonchev–Trinajstić information content (AvgIpc) is 2.57. The summed E-state index contributed by atoms with van der Waals surface area (Å²) >= 11 is 0. The number of fused-ring (bicyclic) bond motifs is 2. The van der Waals surface area contributed by atoms with Crippen molar-refractivity contribution in [2.24, 2.45) is 0 Å². The van der Waals surface area contributed by atoms with Crippen molar-refractivity contribution in [1.82, 2.24) is 5.32 Å². The zero-order valence-corrected chi connectivity index (χ0v) is 9.09. The average molecular weight is 201 g/mol. The Morgan fingerprint density at radius 2 is 2.07 bits per heavy atom. The summed E-state index contributed by atoms with van der Waals surface area (Å²) in [6, 6.07) is 6.72. The summed E-state index contributed by atoms with van der Waals surface area (Å²) in [5.74, 6) is 0. The molecule has 0 unspecified atom stereocenters. The van der Waals surface area contributed by atoms with Crippen LogP contribution in [0.15, 0.2) is 18.2 Å². The Morgan fingerprint density at radius 1 is 1.27 bits per heavy atom. The molecule has 0 aliphatic carbocycles. The monoisotopic (exact) mass is 201 g/mol. The highest BCUT2D eigenvalue weighted by Crippen LogP contribution is 2.22. The summed E-state index contributed by atoms with van der Waals surface area (Å²) in [5, 5.41) is 6.85. The van der Waals surface area contributed by atoms with Gasteiger partial charge in [0.15, 0.2) is 0 Å². The Morgan fingerprint density at radius 3 is 2.87 bits per heavy atom. The molecule has 15 heavy (non-hydrogen) atoms. The molecule has 0 radical (unpaired) electrons. The third kappa shape index (κ3) is 1.49. The molecule has 4 heteroatoms. The maximum atomic E-state index is 3.46. The van der Waals surface area contributed by atoms with Gasteiger partial charge in [0, 0.05) is 37.6 Å². The molecule has 3 rings (SSSR count). The summed E-state index contributed by atoms with van der Waals surface area (Å²) in [7, 11) is 0. The lowest BCUT2D eigenvalue weighted by Crippen LogP contribution is -2.46. The molecule has 1 aromatic rings. The first kappa shape index (κ1) is 9.10. The fourth-order valence-corrected chi connectivity index (χ4v) is 2.51. The van der Waals surface area contributed by atoms with Gasteiger partial charge < -0.3 is 15.4 Å². The van der Waals surface area contributed by atoms with Crippen LogP contribution in [0.2, 0.25) is 6.82 Å². The summed E-state index contributed by atoms with van der Waals surface area (Å²) in [5.41, 5.74) is 4.13. The minimum Gasteiger partial charge on any atom is -0.424 e. The van der Waals surface area contributed by atoms with Crippen molar-refractivity contribution < 1.29 is 0 Å². The molecule has 0 saturated carbocycles. The van der Waals surface area contributed by atoms with Crippen LogP contribution in [0.25, 0.3) is 0 Å². The second kappa shape index (κ2) is 3.45. The van der Waals surface area contributed by atoms with Crippen LogP contribution in [0.5, 0.6) is 0 Å². The maximum Gasteiger partial charge on any atom is 0.285 e. The van der Waals surface area contributed by atoms with Crippen molar-refractivity contribution in [2.45, 2.75) is 6.82 Å². The predicted molar refractivity (Wildman–Crippen MR) is 66.4 cm³/mol. The minimum absolute atomic E-state index is 0.472. The van der Waals surface area contributed by atoms with Gasteiger partial charge in [-0.15, -0.1) is 0 Å². The maximum absolute atomic E-state index is 3.46. The third-order valence-electron chi connectivity index (χ3n) is 3.33. The molecular formula is C11H16BN3. The van der Waals surface area contributed by atoms with Gasteiger partial charge in [0.1, 0.15) is 0 Å². The fourth-order valence-electron chi connectivity index (χ4n) is 2.51. The van der Waals surface area contributed by atoms with E-state index in [1.54, 1.807) is 0 Å². The van der Waals surface area contributed by atoms with E-state index < -0.39 is 0 Å². The highest BCUT2D eigenvalue weighted by atomic mass is 15.2. The smallest absolute Gasteiger partial charge is 0.285 e. The number of nitrogens with zero attached hydrogens (tertiary/aromatic N) is 1. The van der Waals surface area contributed by atoms with E-state index in [9.17, 15) is 0 Å². The second-order valence-corrected chi connectivity index (χ2v) is 4.38. The van der Waals surface area contributed by atoms with Gasteiger partial charge in [0.25, 0.3) is 6.85 Å². The predicted octanol–water partition coefficient (Wildman–Crippen LogP) is 0.350. The zero-order chi connectivity index (χ0) is 10.3. The van der Waals surface area contributed by atoms with E-state index in [0.29, 0.717) is 6.85 Å². The van der Waals surface area contributed by atoms with Gasteiger partial charge in [-0.25, -0.2) is 0 Å². The van der Waals surface area contributed by atoms with Crippen LogP contribution in [0, 0.1) is 0 Å². The molecule has 2 heterocycles. The lowest BCUT2D eigenvalue weighted by Gasteiger charge is -2.30. The Balaban J connectivity index is 1.93.